The number of anilines is 2. The maximum absolute atomic E-state index is 12.3. The van der Waals surface area contributed by atoms with Crippen LogP contribution in [0.5, 0.6) is 5.88 Å². The summed E-state index contributed by atoms with van der Waals surface area (Å²) in [5.41, 5.74) is 7.32. The van der Waals surface area contributed by atoms with E-state index in [4.69, 9.17) is 10.5 Å². The van der Waals surface area contributed by atoms with E-state index in [1.54, 1.807) is 36.5 Å². The lowest BCUT2D eigenvalue weighted by atomic mass is 10.2. The van der Waals surface area contributed by atoms with Gasteiger partial charge in [0.2, 0.25) is 5.88 Å². The molecule has 0 spiro atoms. The number of nitrogens with two attached hydrogens (primary N) is 1. The first-order valence-corrected chi connectivity index (χ1v) is 7.24. The average molecular weight is 350 g/mol. The highest BCUT2D eigenvalue weighted by Crippen LogP contribution is 2.24. The molecule has 1 aromatic heterocycles. The molecule has 0 aliphatic rings. The molecule has 0 unspecified atom stereocenters. The third kappa shape index (κ3) is 3.95. The molecule has 0 bridgehead atoms. The zero-order valence-corrected chi connectivity index (χ0v) is 13.3. The van der Waals surface area contributed by atoms with E-state index in [9.17, 15) is 4.79 Å². The Bertz CT molecular complexity index is 659. The second kappa shape index (κ2) is 6.58. The number of aromatic nitrogens is 1. The molecule has 1 amide bonds. The summed E-state index contributed by atoms with van der Waals surface area (Å²) in [5.74, 6) is 0.146. The Hall–Kier alpha value is -2.08. The van der Waals surface area contributed by atoms with Gasteiger partial charge in [0.25, 0.3) is 5.91 Å². The van der Waals surface area contributed by atoms with Gasteiger partial charge in [0, 0.05) is 21.9 Å². The number of nitrogen functional groups attached to an aromatic ring is 1. The van der Waals surface area contributed by atoms with Gasteiger partial charge in [-0.1, -0.05) is 0 Å². The molecule has 0 fully saturated rings. The van der Waals surface area contributed by atoms with Gasteiger partial charge < -0.3 is 15.8 Å². The summed E-state index contributed by atoms with van der Waals surface area (Å²) in [6, 6.07) is 8.49. The van der Waals surface area contributed by atoms with Crippen LogP contribution in [0.4, 0.5) is 11.4 Å². The second-order valence-corrected chi connectivity index (χ2v) is 5.57. The number of ether oxygens (including phenoxy) is 1. The number of hydrogen-bond donors (Lipinski definition) is 2. The number of pyridine rings is 1. The number of halogens is 1. The molecule has 6 heteroatoms. The zero-order chi connectivity index (χ0) is 15.4. The lowest BCUT2D eigenvalue weighted by molar-refractivity contribution is 0.102. The van der Waals surface area contributed by atoms with E-state index in [0.29, 0.717) is 27.3 Å². The van der Waals surface area contributed by atoms with Crippen LogP contribution in [-0.2, 0) is 0 Å². The molecule has 110 valence electrons. The molecule has 2 rings (SSSR count). The minimum absolute atomic E-state index is 0.0266. The quantitative estimate of drug-likeness (QED) is 0.828. The highest BCUT2D eigenvalue weighted by atomic mass is 79.9. The van der Waals surface area contributed by atoms with E-state index in [1.165, 1.54) is 0 Å². The minimum Gasteiger partial charge on any atom is -0.473 e. The maximum Gasteiger partial charge on any atom is 0.255 e. The SMILES string of the molecule is CC(C)Oc1ncccc1NC(=O)c1ccc(N)c(Br)c1. The van der Waals surface area contributed by atoms with Crippen molar-refractivity contribution in [3.63, 3.8) is 0 Å². The summed E-state index contributed by atoms with van der Waals surface area (Å²) in [7, 11) is 0. The second-order valence-electron chi connectivity index (χ2n) is 4.71. The Morgan fingerprint density at radius 2 is 2.14 bits per heavy atom. The zero-order valence-electron chi connectivity index (χ0n) is 11.8. The molecule has 0 saturated carbocycles. The summed E-state index contributed by atoms with van der Waals surface area (Å²) in [4.78, 5) is 16.4. The number of hydrogen-bond acceptors (Lipinski definition) is 4. The van der Waals surface area contributed by atoms with Crippen LogP contribution in [0.15, 0.2) is 41.0 Å². The first-order chi connectivity index (χ1) is 9.97. The van der Waals surface area contributed by atoms with Gasteiger partial charge in [-0.25, -0.2) is 4.98 Å². The van der Waals surface area contributed by atoms with Crippen LogP contribution >= 0.6 is 15.9 Å². The number of amides is 1. The summed E-state index contributed by atoms with van der Waals surface area (Å²) in [6.45, 7) is 3.80. The van der Waals surface area contributed by atoms with Crippen molar-refractivity contribution >= 4 is 33.2 Å². The number of nitrogens with one attached hydrogen (secondary N) is 1. The van der Waals surface area contributed by atoms with E-state index < -0.39 is 0 Å². The van der Waals surface area contributed by atoms with Crippen molar-refractivity contribution in [2.75, 3.05) is 11.1 Å². The fourth-order valence-electron chi connectivity index (χ4n) is 1.67. The van der Waals surface area contributed by atoms with Crippen molar-refractivity contribution in [1.29, 1.82) is 0 Å². The third-order valence-electron chi connectivity index (χ3n) is 2.63. The van der Waals surface area contributed by atoms with Crippen LogP contribution < -0.4 is 15.8 Å². The fourth-order valence-corrected chi connectivity index (χ4v) is 2.04. The Kier molecular flexibility index (Phi) is 4.80. The summed E-state index contributed by atoms with van der Waals surface area (Å²) in [5, 5.41) is 2.79. The maximum atomic E-state index is 12.3. The molecule has 21 heavy (non-hydrogen) atoms. The van der Waals surface area contributed by atoms with Crippen molar-refractivity contribution in [2.24, 2.45) is 0 Å². The van der Waals surface area contributed by atoms with Gasteiger partial charge in [-0.05, 0) is 60.1 Å². The predicted molar refractivity (Wildman–Crippen MR) is 86.5 cm³/mol. The lowest BCUT2D eigenvalue weighted by Crippen LogP contribution is -2.15. The first kappa shape index (κ1) is 15.3. The Morgan fingerprint density at radius 3 is 2.81 bits per heavy atom. The van der Waals surface area contributed by atoms with E-state index in [-0.39, 0.29) is 12.0 Å². The normalized spacial score (nSPS) is 10.5. The number of carbonyl (C=O) groups excluding carboxylic acids is 1. The molecular formula is C15H16BrN3O2. The standard InChI is InChI=1S/C15H16BrN3O2/c1-9(2)21-15-13(4-3-7-18-15)19-14(20)10-5-6-12(17)11(16)8-10/h3-9H,17H2,1-2H3,(H,19,20). The van der Waals surface area contributed by atoms with Crippen LogP contribution in [-0.4, -0.2) is 17.0 Å². The molecule has 0 aliphatic heterocycles. The van der Waals surface area contributed by atoms with Crippen LogP contribution in [0, 0.1) is 0 Å². The molecule has 0 atom stereocenters. The van der Waals surface area contributed by atoms with Crippen LogP contribution in [0.2, 0.25) is 0 Å². The molecule has 0 radical (unpaired) electrons. The Labute approximate surface area is 131 Å². The highest BCUT2D eigenvalue weighted by molar-refractivity contribution is 9.10. The van der Waals surface area contributed by atoms with E-state index >= 15 is 0 Å². The van der Waals surface area contributed by atoms with Gasteiger partial charge in [0.15, 0.2) is 0 Å². The Morgan fingerprint density at radius 1 is 1.38 bits per heavy atom. The number of nitrogens with zero attached hydrogens (tertiary/aromatic N) is 1. The number of carbonyl (C=O) groups is 1. The smallest absolute Gasteiger partial charge is 0.255 e. The van der Waals surface area contributed by atoms with E-state index in [2.05, 4.69) is 26.2 Å². The molecule has 0 aliphatic carbocycles. The van der Waals surface area contributed by atoms with E-state index in [1.807, 2.05) is 13.8 Å². The Balaban J connectivity index is 2.21. The molecule has 1 heterocycles. The molecule has 5 nitrogen and oxygen atoms in total. The average Bonchev–Trinajstić information content (AvgIpc) is 2.43. The molecule has 2 aromatic rings. The predicted octanol–water partition coefficient (Wildman–Crippen LogP) is 3.47. The van der Waals surface area contributed by atoms with Gasteiger partial charge in [-0.15, -0.1) is 0 Å². The van der Waals surface area contributed by atoms with Crippen molar-refractivity contribution in [3.05, 3.63) is 46.6 Å². The van der Waals surface area contributed by atoms with Gasteiger partial charge in [-0.2, -0.15) is 0 Å². The lowest BCUT2D eigenvalue weighted by Gasteiger charge is -2.13. The number of benzene rings is 1. The highest BCUT2D eigenvalue weighted by Gasteiger charge is 2.12. The van der Waals surface area contributed by atoms with Crippen LogP contribution in [0.25, 0.3) is 0 Å². The van der Waals surface area contributed by atoms with Crippen molar-refractivity contribution in [1.82, 2.24) is 4.98 Å². The van der Waals surface area contributed by atoms with Crippen molar-refractivity contribution in [2.45, 2.75) is 20.0 Å². The van der Waals surface area contributed by atoms with Crippen LogP contribution in [0.3, 0.4) is 0 Å². The molecule has 0 saturated heterocycles. The van der Waals surface area contributed by atoms with Gasteiger partial charge in [-0.3, -0.25) is 4.79 Å². The summed E-state index contributed by atoms with van der Waals surface area (Å²) < 4.78 is 6.25. The summed E-state index contributed by atoms with van der Waals surface area (Å²) in [6.07, 6.45) is 1.59. The first-order valence-electron chi connectivity index (χ1n) is 6.45. The number of rotatable bonds is 4. The monoisotopic (exact) mass is 349 g/mol. The molecular weight excluding hydrogens is 334 g/mol. The van der Waals surface area contributed by atoms with Gasteiger partial charge in [0.05, 0.1) is 6.10 Å². The van der Waals surface area contributed by atoms with E-state index in [0.717, 1.165) is 0 Å². The van der Waals surface area contributed by atoms with Crippen LogP contribution in [0.1, 0.15) is 24.2 Å². The minimum atomic E-state index is -0.252. The molecule has 1 aromatic carbocycles. The topological polar surface area (TPSA) is 77.2 Å². The fraction of sp³-hybridized carbons (Fsp3) is 0.200. The molecule has 3 N–H and O–H groups in total. The van der Waals surface area contributed by atoms with Crippen molar-refractivity contribution < 1.29 is 9.53 Å². The third-order valence-corrected chi connectivity index (χ3v) is 3.32. The van der Waals surface area contributed by atoms with Gasteiger partial charge >= 0.3 is 0 Å². The van der Waals surface area contributed by atoms with Gasteiger partial charge in [0.1, 0.15) is 5.69 Å². The largest absolute Gasteiger partial charge is 0.473 e. The summed E-state index contributed by atoms with van der Waals surface area (Å²) >= 11 is 3.30. The van der Waals surface area contributed by atoms with Crippen molar-refractivity contribution in [3.8, 4) is 5.88 Å².